The third-order valence-electron chi connectivity index (χ3n) is 6.04. The molecule has 1 aromatic heterocycles. The average Bonchev–Trinajstić information content (AvgIpc) is 3.27. The summed E-state index contributed by atoms with van der Waals surface area (Å²) >= 11 is 0.768. The number of halogens is 4. The lowest BCUT2D eigenvalue weighted by Crippen LogP contribution is -2.48. The molecule has 2 saturated heterocycles. The van der Waals surface area contributed by atoms with Gasteiger partial charge in [-0.15, -0.1) is 11.3 Å². The number of thiophene rings is 1. The molecule has 0 radical (unpaired) electrons. The van der Waals surface area contributed by atoms with Gasteiger partial charge in [-0.3, -0.25) is 9.69 Å². The molecule has 2 aliphatic heterocycles. The third-order valence-corrected chi connectivity index (χ3v) is 7.24. The number of carbonyl (C=O) groups is 1. The van der Waals surface area contributed by atoms with E-state index in [0.29, 0.717) is 24.0 Å². The lowest BCUT2D eigenvalue weighted by atomic mass is 9.96. The van der Waals surface area contributed by atoms with Crippen LogP contribution in [0.3, 0.4) is 0 Å². The number of hydrogen-bond donors (Lipinski definition) is 1. The topological polar surface area (TPSA) is 49.6 Å². The zero-order valence-electron chi connectivity index (χ0n) is 14.1. The molecule has 144 valence electrons. The van der Waals surface area contributed by atoms with Gasteiger partial charge in [-0.05, 0) is 36.8 Å². The predicted molar refractivity (Wildman–Crippen MR) is 90.7 cm³/mol. The summed E-state index contributed by atoms with van der Waals surface area (Å²) in [5, 5.41) is 0.627. The largest absolute Gasteiger partial charge is 0.425 e. The van der Waals surface area contributed by atoms with Gasteiger partial charge in [0.05, 0.1) is 11.0 Å². The van der Waals surface area contributed by atoms with E-state index in [2.05, 4.69) is 0 Å². The van der Waals surface area contributed by atoms with Gasteiger partial charge >= 0.3 is 6.18 Å². The van der Waals surface area contributed by atoms with Gasteiger partial charge in [-0.2, -0.15) is 13.2 Å². The van der Waals surface area contributed by atoms with Gasteiger partial charge in [-0.1, -0.05) is 0 Å². The third kappa shape index (κ3) is 3.09. The number of carbonyl (C=O) groups excluding carboxylic acids is 1. The summed E-state index contributed by atoms with van der Waals surface area (Å²) in [5.41, 5.74) is 5.45. The first-order valence-electron chi connectivity index (χ1n) is 8.85. The zero-order valence-corrected chi connectivity index (χ0v) is 14.9. The van der Waals surface area contributed by atoms with Crippen LogP contribution in [0.25, 0.3) is 0 Å². The lowest BCUT2D eigenvalue weighted by Gasteiger charge is -2.32. The Morgan fingerprint density at radius 2 is 1.96 bits per heavy atom. The molecular weight excluding hydrogens is 370 g/mol. The van der Waals surface area contributed by atoms with E-state index in [-0.39, 0.29) is 24.9 Å². The second-order valence-corrected chi connectivity index (χ2v) is 8.62. The van der Waals surface area contributed by atoms with Gasteiger partial charge in [-0.25, -0.2) is 4.39 Å². The van der Waals surface area contributed by atoms with Crippen LogP contribution in [-0.2, 0) is 11.0 Å². The predicted octanol–water partition coefficient (Wildman–Crippen LogP) is 2.88. The first kappa shape index (κ1) is 18.0. The zero-order chi connectivity index (χ0) is 18.6. The standard InChI is InChI=1S/C17H21F4N3OS/c18-10-5-13(16(22)25)24(7-10)12-2-1-9-6-23(8-11(9)12)15-4-3-14(26-15)17(19,20)21/h3-4,9-13H,1-2,5-8H2,(H2,22,25)/t9-,10+,11+,12+,13+/m1/s1. The Bertz CT molecular complexity index is 694. The summed E-state index contributed by atoms with van der Waals surface area (Å²) in [6.07, 6.45) is -3.38. The molecule has 4 rings (SSSR count). The fourth-order valence-electron chi connectivity index (χ4n) is 4.93. The number of alkyl halides is 4. The van der Waals surface area contributed by atoms with E-state index in [1.165, 1.54) is 6.07 Å². The van der Waals surface area contributed by atoms with Crippen LogP contribution in [0.1, 0.15) is 24.1 Å². The van der Waals surface area contributed by atoms with Gasteiger partial charge in [0.1, 0.15) is 11.0 Å². The number of nitrogens with two attached hydrogens (primary N) is 1. The van der Waals surface area contributed by atoms with Crippen molar-refractivity contribution >= 4 is 22.2 Å². The molecule has 3 aliphatic rings. The molecule has 3 fully saturated rings. The van der Waals surface area contributed by atoms with E-state index in [1.54, 1.807) is 0 Å². The van der Waals surface area contributed by atoms with Crippen molar-refractivity contribution in [2.75, 3.05) is 24.5 Å². The normalized spacial score (nSPS) is 35.2. The Labute approximate surface area is 152 Å². The number of amides is 1. The first-order chi connectivity index (χ1) is 12.2. The van der Waals surface area contributed by atoms with Gasteiger partial charge in [0.2, 0.25) is 5.91 Å². The maximum Gasteiger partial charge on any atom is 0.425 e. The van der Waals surface area contributed by atoms with Crippen molar-refractivity contribution in [1.82, 2.24) is 4.90 Å². The quantitative estimate of drug-likeness (QED) is 0.807. The maximum absolute atomic E-state index is 13.9. The first-order valence-corrected chi connectivity index (χ1v) is 9.67. The van der Waals surface area contributed by atoms with E-state index in [4.69, 9.17) is 5.73 Å². The van der Waals surface area contributed by atoms with Crippen LogP contribution in [0.2, 0.25) is 0 Å². The van der Waals surface area contributed by atoms with E-state index >= 15 is 0 Å². The van der Waals surface area contributed by atoms with Gasteiger partial charge in [0.25, 0.3) is 0 Å². The fourth-order valence-corrected chi connectivity index (χ4v) is 5.82. The molecule has 5 atom stereocenters. The molecule has 4 nitrogen and oxygen atoms in total. The molecule has 1 aromatic rings. The van der Waals surface area contributed by atoms with Crippen LogP contribution in [0, 0.1) is 11.8 Å². The molecular formula is C17H21F4N3OS. The Hall–Kier alpha value is -1.35. The summed E-state index contributed by atoms with van der Waals surface area (Å²) in [7, 11) is 0. The summed E-state index contributed by atoms with van der Waals surface area (Å²) in [6.45, 7) is 1.58. The van der Waals surface area contributed by atoms with Crippen molar-refractivity contribution in [2.45, 2.75) is 43.7 Å². The highest BCUT2D eigenvalue weighted by Gasteiger charge is 2.50. The summed E-state index contributed by atoms with van der Waals surface area (Å²) in [5.74, 6) is 0.110. The van der Waals surface area contributed by atoms with Crippen LogP contribution in [-0.4, -0.2) is 48.7 Å². The van der Waals surface area contributed by atoms with E-state index in [0.717, 1.165) is 30.2 Å². The number of rotatable bonds is 3. The number of anilines is 1. The maximum atomic E-state index is 13.9. The monoisotopic (exact) mass is 391 g/mol. The Morgan fingerprint density at radius 3 is 2.62 bits per heavy atom. The minimum atomic E-state index is -4.32. The minimum absolute atomic E-state index is 0.0744. The van der Waals surface area contributed by atoms with Crippen LogP contribution >= 0.6 is 11.3 Å². The van der Waals surface area contributed by atoms with Gasteiger partial charge in [0.15, 0.2) is 0 Å². The molecule has 0 bridgehead atoms. The van der Waals surface area contributed by atoms with Crippen LogP contribution < -0.4 is 10.6 Å². The second kappa shape index (κ2) is 6.37. The molecule has 2 N–H and O–H groups in total. The lowest BCUT2D eigenvalue weighted by molar-refractivity contribution is -0.134. The van der Waals surface area contributed by atoms with Crippen LogP contribution in [0.15, 0.2) is 12.1 Å². The molecule has 0 spiro atoms. The van der Waals surface area contributed by atoms with Crippen molar-refractivity contribution in [3.05, 3.63) is 17.0 Å². The van der Waals surface area contributed by atoms with E-state index in [1.807, 2.05) is 9.80 Å². The van der Waals surface area contributed by atoms with Crippen molar-refractivity contribution < 1.29 is 22.4 Å². The minimum Gasteiger partial charge on any atom is -0.368 e. The fraction of sp³-hybridized carbons (Fsp3) is 0.706. The molecule has 0 aromatic carbocycles. The van der Waals surface area contributed by atoms with Crippen molar-refractivity contribution in [3.8, 4) is 0 Å². The van der Waals surface area contributed by atoms with Crippen LogP contribution in [0.5, 0.6) is 0 Å². The van der Waals surface area contributed by atoms with Gasteiger partial charge < -0.3 is 10.6 Å². The molecule has 1 amide bonds. The number of likely N-dealkylation sites (tertiary alicyclic amines) is 1. The summed E-state index contributed by atoms with van der Waals surface area (Å²) in [6, 6.07) is 2.16. The molecule has 1 aliphatic carbocycles. The summed E-state index contributed by atoms with van der Waals surface area (Å²) in [4.78, 5) is 15.0. The smallest absolute Gasteiger partial charge is 0.368 e. The highest BCUT2D eigenvalue weighted by molar-refractivity contribution is 7.16. The highest BCUT2D eigenvalue weighted by Crippen LogP contribution is 2.46. The number of primary amides is 1. The number of hydrogen-bond acceptors (Lipinski definition) is 4. The second-order valence-electron chi connectivity index (χ2n) is 7.56. The van der Waals surface area contributed by atoms with Crippen molar-refractivity contribution in [1.29, 1.82) is 0 Å². The molecule has 26 heavy (non-hydrogen) atoms. The Morgan fingerprint density at radius 1 is 1.19 bits per heavy atom. The number of nitrogens with zero attached hydrogens (tertiary/aromatic N) is 2. The molecule has 9 heteroatoms. The van der Waals surface area contributed by atoms with Gasteiger partial charge in [0, 0.05) is 32.1 Å². The summed E-state index contributed by atoms with van der Waals surface area (Å²) < 4.78 is 52.4. The van der Waals surface area contributed by atoms with Crippen molar-refractivity contribution in [2.24, 2.45) is 17.6 Å². The van der Waals surface area contributed by atoms with E-state index < -0.39 is 29.2 Å². The Kier molecular flexibility index (Phi) is 4.42. The van der Waals surface area contributed by atoms with Crippen molar-refractivity contribution in [3.63, 3.8) is 0 Å². The Balaban J connectivity index is 1.49. The average molecular weight is 391 g/mol. The number of fused-ring (bicyclic) bond motifs is 1. The SMILES string of the molecule is NC(=O)[C@@H]1C[C@H](F)CN1[C@H]1CC[C@@H]2CN(c3ccc(C(F)(F)F)s3)C[C@@H]21. The highest BCUT2D eigenvalue weighted by atomic mass is 32.1. The van der Waals surface area contributed by atoms with E-state index in [9.17, 15) is 22.4 Å². The molecule has 0 unspecified atom stereocenters. The molecule has 3 heterocycles. The van der Waals surface area contributed by atoms with Crippen LogP contribution in [0.4, 0.5) is 22.6 Å². The molecule has 1 saturated carbocycles.